The third-order valence-corrected chi connectivity index (χ3v) is 3.66. The van der Waals surface area contributed by atoms with Crippen LogP contribution in [0.25, 0.3) is 0 Å². The summed E-state index contributed by atoms with van der Waals surface area (Å²) in [6.45, 7) is 0. The Bertz CT molecular complexity index is 500. The quantitative estimate of drug-likeness (QED) is 0.625. The SMILES string of the molecule is CN(C(=O)c1cc([N+](=O)[O-])ccc1Cl)C1CCC1. The minimum absolute atomic E-state index is 0.121. The molecule has 0 aliphatic heterocycles. The van der Waals surface area contributed by atoms with E-state index in [-0.39, 0.29) is 28.2 Å². The number of nitro benzene ring substituents is 1. The number of non-ortho nitro benzene ring substituents is 1. The average molecular weight is 269 g/mol. The van der Waals surface area contributed by atoms with Crippen molar-refractivity contribution in [3.8, 4) is 0 Å². The first-order chi connectivity index (χ1) is 8.50. The number of carbonyl (C=O) groups excluding carboxylic acids is 1. The van der Waals surface area contributed by atoms with E-state index in [1.165, 1.54) is 18.2 Å². The molecule has 0 bridgehead atoms. The molecule has 0 atom stereocenters. The highest BCUT2D eigenvalue weighted by Crippen LogP contribution is 2.28. The van der Waals surface area contributed by atoms with Crippen molar-refractivity contribution >= 4 is 23.2 Å². The van der Waals surface area contributed by atoms with Gasteiger partial charge in [0.2, 0.25) is 0 Å². The van der Waals surface area contributed by atoms with Gasteiger partial charge < -0.3 is 4.90 Å². The van der Waals surface area contributed by atoms with Crippen LogP contribution in [0, 0.1) is 10.1 Å². The molecule has 0 radical (unpaired) electrons. The molecule has 1 fully saturated rings. The molecule has 1 aromatic carbocycles. The molecule has 1 amide bonds. The lowest BCUT2D eigenvalue weighted by Crippen LogP contribution is -2.41. The lowest BCUT2D eigenvalue weighted by atomic mass is 9.91. The summed E-state index contributed by atoms with van der Waals surface area (Å²) >= 11 is 5.94. The third-order valence-electron chi connectivity index (χ3n) is 3.33. The van der Waals surface area contributed by atoms with E-state index in [9.17, 15) is 14.9 Å². The molecule has 96 valence electrons. The minimum Gasteiger partial charge on any atom is -0.339 e. The monoisotopic (exact) mass is 268 g/mol. The van der Waals surface area contributed by atoms with Crippen LogP contribution in [0.4, 0.5) is 5.69 Å². The molecule has 0 spiro atoms. The Morgan fingerprint density at radius 2 is 2.17 bits per heavy atom. The van der Waals surface area contributed by atoms with Gasteiger partial charge >= 0.3 is 0 Å². The van der Waals surface area contributed by atoms with E-state index < -0.39 is 4.92 Å². The Morgan fingerprint density at radius 1 is 1.50 bits per heavy atom. The number of carbonyl (C=O) groups is 1. The van der Waals surface area contributed by atoms with Crippen LogP contribution < -0.4 is 0 Å². The van der Waals surface area contributed by atoms with Crippen LogP contribution in [0.15, 0.2) is 18.2 Å². The summed E-state index contributed by atoms with van der Waals surface area (Å²) in [5.41, 5.74) is 0.0741. The fourth-order valence-corrected chi connectivity index (χ4v) is 2.12. The molecule has 0 aromatic heterocycles. The summed E-state index contributed by atoms with van der Waals surface area (Å²) in [5, 5.41) is 10.9. The molecule has 1 aromatic rings. The summed E-state index contributed by atoms with van der Waals surface area (Å²) in [6.07, 6.45) is 3.08. The fourth-order valence-electron chi connectivity index (χ4n) is 1.92. The van der Waals surface area contributed by atoms with Gasteiger partial charge in [0.15, 0.2) is 0 Å². The second kappa shape index (κ2) is 4.94. The van der Waals surface area contributed by atoms with Gasteiger partial charge in [-0.1, -0.05) is 11.6 Å². The van der Waals surface area contributed by atoms with Gasteiger partial charge in [-0.3, -0.25) is 14.9 Å². The second-order valence-corrected chi connectivity index (χ2v) is 4.83. The Hall–Kier alpha value is -1.62. The largest absolute Gasteiger partial charge is 0.339 e. The van der Waals surface area contributed by atoms with Crippen LogP contribution in [-0.2, 0) is 0 Å². The van der Waals surface area contributed by atoms with Gasteiger partial charge in [0.05, 0.1) is 15.5 Å². The lowest BCUT2D eigenvalue weighted by molar-refractivity contribution is -0.384. The Kier molecular flexibility index (Phi) is 3.52. The number of hydrogen-bond acceptors (Lipinski definition) is 3. The molecule has 18 heavy (non-hydrogen) atoms. The molecule has 0 N–H and O–H groups in total. The molecule has 0 heterocycles. The number of amides is 1. The molecule has 0 unspecified atom stereocenters. The van der Waals surface area contributed by atoms with Gasteiger partial charge in [0.1, 0.15) is 0 Å². The van der Waals surface area contributed by atoms with E-state index in [2.05, 4.69) is 0 Å². The maximum Gasteiger partial charge on any atom is 0.270 e. The molecule has 1 aliphatic rings. The van der Waals surface area contributed by atoms with Crippen molar-refractivity contribution in [2.45, 2.75) is 25.3 Å². The van der Waals surface area contributed by atoms with Gasteiger partial charge in [0, 0.05) is 25.2 Å². The molecule has 2 rings (SSSR count). The molecule has 0 saturated heterocycles. The van der Waals surface area contributed by atoms with Crippen molar-refractivity contribution in [1.29, 1.82) is 0 Å². The van der Waals surface area contributed by atoms with Crippen LogP contribution >= 0.6 is 11.6 Å². The van der Waals surface area contributed by atoms with Gasteiger partial charge in [-0.2, -0.15) is 0 Å². The number of benzene rings is 1. The molecular weight excluding hydrogens is 256 g/mol. The summed E-state index contributed by atoms with van der Waals surface area (Å²) < 4.78 is 0. The average Bonchev–Trinajstić information content (AvgIpc) is 2.26. The Balaban J connectivity index is 2.28. The summed E-state index contributed by atoms with van der Waals surface area (Å²) in [6, 6.07) is 4.15. The van der Waals surface area contributed by atoms with Crippen molar-refractivity contribution < 1.29 is 9.72 Å². The van der Waals surface area contributed by atoms with Crippen LogP contribution in [-0.4, -0.2) is 28.8 Å². The standard InChI is InChI=1S/C12H13ClN2O3/c1-14(8-3-2-4-8)12(16)10-7-9(15(17)18)5-6-11(10)13/h5-8H,2-4H2,1H3. The number of halogens is 1. The maximum absolute atomic E-state index is 12.2. The van der Waals surface area contributed by atoms with E-state index in [4.69, 9.17) is 11.6 Å². The van der Waals surface area contributed by atoms with E-state index in [0.29, 0.717) is 0 Å². The van der Waals surface area contributed by atoms with Gasteiger partial charge in [-0.25, -0.2) is 0 Å². The zero-order valence-corrected chi connectivity index (χ0v) is 10.7. The first-order valence-electron chi connectivity index (χ1n) is 5.72. The molecular formula is C12H13ClN2O3. The van der Waals surface area contributed by atoms with Gasteiger partial charge in [0.25, 0.3) is 11.6 Å². The van der Waals surface area contributed by atoms with Crippen LogP contribution in [0.3, 0.4) is 0 Å². The lowest BCUT2D eigenvalue weighted by Gasteiger charge is -2.34. The number of hydrogen-bond donors (Lipinski definition) is 0. The zero-order chi connectivity index (χ0) is 13.3. The summed E-state index contributed by atoms with van der Waals surface area (Å²) in [4.78, 5) is 24.0. The van der Waals surface area contributed by atoms with E-state index in [1.54, 1.807) is 11.9 Å². The summed E-state index contributed by atoms with van der Waals surface area (Å²) in [5.74, 6) is -0.256. The molecule has 1 aliphatic carbocycles. The van der Waals surface area contributed by atoms with Crippen molar-refractivity contribution in [2.75, 3.05) is 7.05 Å². The number of rotatable bonds is 3. The highest BCUT2D eigenvalue weighted by atomic mass is 35.5. The van der Waals surface area contributed by atoms with Gasteiger partial charge in [-0.05, 0) is 25.3 Å². The van der Waals surface area contributed by atoms with Crippen LogP contribution in [0.5, 0.6) is 0 Å². The Labute approximate surface area is 109 Å². The van der Waals surface area contributed by atoms with Crippen molar-refractivity contribution in [1.82, 2.24) is 4.90 Å². The van der Waals surface area contributed by atoms with Crippen molar-refractivity contribution in [3.05, 3.63) is 38.9 Å². The maximum atomic E-state index is 12.2. The highest BCUT2D eigenvalue weighted by Gasteiger charge is 2.28. The second-order valence-electron chi connectivity index (χ2n) is 4.42. The molecule has 5 nitrogen and oxygen atoms in total. The van der Waals surface area contributed by atoms with E-state index >= 15 is 0 Å². The van der Waals surface area contributed by atoms with E-state index in [0.717, 1.165) is 19.3 Å². The van der Waals surface area contributed by atoms with Gasteiger partial charge in [-0.15, -0.1) is 0 Å². The topological polar surface area (TPSA) is 63.5 Å². The Morgan fingerprint density at radius 3 is 2.67 bits per heavy atom. The molecule has 6 heteroatoms. The summed E-state index contributed by atoms with van der Waals surface area (Å²) in [7, 11) is 1.71. The smallest absolute Gasteiger partial charge is 0.270 e. The predicted octanol–water partition coefficient (Wildman–Crippen LogP) is 2.87. The predicted molar refractivity (Wildman–Crippen MR) is 67.8 cm³/mol. The first-order valence-corrected chi connectivity index (χ1v) is 6.09. The number of nitrogens with zero attached hydrogens (tertiary/aromatic N) is 2. The number of nitro groups is 1. The van der Waals surface area contributed by atoms with Crippen molar-refractivity contribution in [3.63, 3.8) is 0 Å². The zero-order valence-electron chi connectivity index (χ0n) is 9.93. The van der Waals surface area contributed by atoms with Crippen LogP contribution in [0.2, 0.25) is 5.02 Å². The van der Waals surface area contributed by atoms with Crippen LogP contribution in [0.1, 0.15) is 29.6 Å². The highest BCUT2D eigenvalue weighted by molar-refractivity contribution is 6.33. The van der Waals surface area contributed by atoms with E-state index in [1.807, 2.05) is 0 Å². The first kappa shape index (κ1) is 12.8. The van der Waals surface area contributed by atoms with Crippen molar-refractivity contribution in [2.24, 2.45) is 0 Å². The fraction of sp³-hybridized carbons (Fsp3) is 0.417. The minimum atomic E-state index is -0.531. The third kappa shape index (κ3) is 2.31. The normalized spacial score (nSPS) is 15.0. The molecule has 1 saturated carbocycles.